The van der Waals surface area contributed by atoms with E-state index < -0.39 is 24.0 Å². The fourth-order valence-electron chi connectivity index (χ4n) is 4.04. The minimum Gasteiger partial charge on any atom is -0.465 e. The normalized spacial score (nSPS) is 18.2. The summed E-state index contributed by atoms with van der Waals surface area (Å²) >= 11 is 0. The Hall–Kier alpha value is -3.73. The number of rotatable bonds is 5. The predicted octanol–water partition coefficient (Wildman–Crippen LogP) is 2.57. The molecule has 3 heterocycles. The monoisotopic (exact) mass is 470 g/mol. The number of aromatic nitrogens is 1. The highest BCUT2D eigenvalue weighted by Crippen LogP contribution is 2.23. The Bertz CT molecular complexity index is 1080. The summed E-state index contributed by atoms with van der Waals surface area (Å²) in [4.78, 5) is 45.5. The summed E-state index contributed by atoms with van der Waals surface area (Å²) in [6.45, 7) is 3.98. The number of carbonyl (C=O) groups excluding carboxylic acids is 2. The lowest BCUT2D eigenvalue weighted by atomic mass is 10.1. The second-order valence-electron chi connectivity index (χ2n) is 8.45. The Morgan fingerprint density at radius 2 is 1.91 bits per heavy atom. The summed E-state index contributed by atoms with van der Waals surface area (Å²) in [6.07, 6.45) is 1.29. The van der Waals surface area contributed by atoms with Crippen LogP contribution in [0.2, 0.25) is 0 Å². The molecule has 180 valence electrons. The lowest BCUT2D eigenvalue weighted by Gasteiger charge is -2.43. The van der Waals surface area contributed by atoms with Gasteiger partial charge in [0, 0.05) is 50.5 Å². The van der Waals surface area contributed by atoms with E-state index in [1.165, 1.54) is 12.3 Å². The molecular formula is C23H27FN6O4. The maximum Gasteiger partial charge on any atom is 0.408 e. The van der Waals surface area contributed by atoms with Crippen LogP contribution in [0.25, 0.3) is 0 Å². The SMILES string of the molecule is Cc1ccc(NC(=O)Nc2cccc(CN3CCN(C(=O)O)[C@H](C(=O)N4CCC4)C3)c2F)cn1. The third-order valence-electron chi connectivity index (χ3n) is 6.05. The zero-order valence-electron chi connectivity index (χ0n) is 18.8. The van der Waals surface area contributed by atoms with Crippen molar-refractivity contribution in [2.24, 2.45) is 0 Å². The van der Waals surface area contributed by atoms with E-state index in [2.05, 4.69) is 15.6 Å². The number of amides is 4. The van der Waals surface area contributed by atoms with Crippen molar-refractivity contribution in [3.63, 3.8) is 0 Å². The van der Waals surface area contributed by atoms with E-state index in [0.29, 0.717) is 30.9 Å². The number of likely N-dealkylation sites (tertiary alicyclic amines) is 1. The molecular weight excluding hydrogens is 443 g/mol. The number of pyridine rings is 1. The fraction of sp³-hybridized carbons (Fsp3) is 0.391. The summed E-state index contributed by atoms with van der Waals surface area (Å²) in [6, 6.07) is 6.74. The van der Waals surface area contributed by atoms with Crippen LogP contribution in [0.1, 0.15) is 17.7 Å². The van der Waals surface area contributed by atoms with Gasteiger partial charge in [0.15, 0.2) is 5.82 Å². The van der Waals surface area contributed by atoms with E-state index in [4.69, 9.17) is 0 Å². The van der Waals surface area contributed by atoms with Crippen molar-refractivity contribution >= 4 is 29.4 Å². The fourth-order valence-corrected chi connectivity index (χ4v) is 4.04. The number of anilines is 2. The highest BCUT2D eigenvalue weighted by atomic mass is 19.1. The number of nitrogens with zero attached hydrogens (tertiary/aromatic N) is 4. The number of hydrogen-bond donors (Lipinski definition) is 3. The molecule has 11 heteroatoms. The van der Waals surface area contributed by atoms with E-state index >= 15 is 4.39 Å². The molecule has 0 bridgehead atoms. The Kier molecular flexibility index (Phi) is 6.92. The van der Waals surface area contributed by atoms with Crippen molar-refractivity contribution in [1.82, 2.24) is 19.7 Å². The highest BCUT2D eigenvalue weighted by molar-refractivity contribution is 5.99. The van der Waals surface area contributed by atoms with Crippen LogP contribution in [-0.2, 0) is 11.3 Å². The topological polar surface area (TPSA) is 118 Å². The molecule has 2 saturated heterocycles. The van der Waals surface area contributed by atoms with Crippen LogP contribution in [0.4, 0.5) is 25.4 Å². The van der Waals surface area contributed by atoms with Crippen LogP contribution in [0.5, 0.6) is 0 Å². The van der Waals surface area contributed by atoms with Crippen LogP contribution in [0.3, 0.4) is 0 Å². The van der Waals surface area contributed by atoms with Gasteiger partial charge >= 0.3 is 12.1 Å². The Morgan fingerprint density at radius 3 is 2.56 bits per heavy atom. The van der Waals surface area contributed by atoms with Crippen LogP contribution in [0.15, 0.2) is 36.5 Å². The van der Waals surface area contributed by atoms with Crippen molar-refractivity contribution in [1.29, 1.82) is 0 Å². The molecule has 2 aliphatic rings. The molecule has 0 radical (unpaired) electrons. The third kappa shape index (κ3) is 5.25. The molecule has 2 aliphatic heterocycles. The zero-order valence-corrected chi connectivity index (χ0v) is 18.8. The molecule has 1 atom stereocenters. The first-order chi connectivity index (χ1) is 16.3. The minimum atomic E-state index is -1.13. The van der Waals surface area contributed by atoms with Crippen LogP contribution < -0.4 is 10.6 Å². The van der Waals surface area contributed by atoms with Gasteiger partial charge in [-0.15, -0.1) is 0 Å². The quantitative estimate of drug-likeness (QED) is 0.618. The van der Waals surface area contributed by atoms with Crippen molar-refractivity contribution in [2.45, 2.75) is 25.9 Å². The standard InChI is InChI=1S/C23H27FN6O4/c1-15-6-7-17(12-25-15)26-22(32)27-18-5-2-4-16(20(18)24)13-28-10-11-30(23(33)34)19(14-28)21(31)29-8-3-9-29/h2,4-7,12,19H,3,8-11,13-14H2,1H3,(H,33,34)(H2,26,27,32)/t19-/m0/s1. The number of hydrogen-bond acceptors (Lipinski definition) is 5. The van der Waals surface area contributed by atoms with Crippen LogP contribution >= 0.6 is 0 Å². The molecule has 4 rings (SSSR count). The first-order valence-electron chi connectivity index (χ1n) is 11.1. The largest absolute Gasteiger partial charge is 0.465 e. The molecule has 4 amide bonds. The second kappa shape index (κ2) is 10.0. The van der Waals surface area contributed by atoms with Crippen LogP contribution in [0, 0.1) is 12.7 Å². The summed E-state index contributed by atoms with van der Waals surface area (Å²) in [5, 5.41) is 14.6. The van der Waals surface area contributed by atoms with Crippen molar-refractivity contribution in [3.05, 3.63) is 53.6 Å². The number of nitrogens with one attached hydrogen (secondary N) is 2. The number of carboxylic acid groups (broad SMARTS) is 1. The van der Waals surface area contributed by atoms with E-state index in [0.717, 1.165) is 17.0 Å². The number of halogens is 1. The second-order valence-corrected chi connectivity index (χ2v) is 8.45. The number of piperazine rings is 1. The molecule has 10 nitrogen and oxygen atoms in total. The maximum atomic E-state index is 15.2. The van der Waals surface area contributed by atoms with Gasteiger partial charge in [-0.25, -0.2) is 14.0 Å². The molecule has 34 heavy (non-hydrogen) atoms. The number of benzene rings is 1. The van der Waals surface area contributed by atoms with Gasteiger partial charge in [0.1, 0.15) is 6.04 Å². The first kappa shape index (κ1) is 23.4. The van der Waals surface area contributed by atoms with Gasteiger partial charge < -0.3 is 20.6 Å². The van der Waals surface area contributed by atoms with Crippen LogP contribution in [-0.4, -0.2) is 81.6 Å². The third-order valence-corrected chi connectivity index (χ3v) is 6.05. The smallest absolute Gasteiger partial charge is 0.408 e. The van der Waals surface area contributed by atoms with Crippen molar-refractivity contribution < 1.29 is 23.9 Å². The predicted molar refractivity (Wildman–Crippen MR) is 123 cm³/mol. The van der Waals surface area contributed by atoms with Gasteiger partial charge in [-0.1, -0.05) is 12.1 Å². The molecule has 2 fully saturated rings. The Morgan fingerprint density at radius 1 is 1.12 bits per heavy atom. The van der Waals surface area contributed by atoms with Gasteiger partial charge in [-0.3, -0.25) is 19.6 Å². The van der Waals surface area contributed by atoms with Gasteiger partial charge in [0.25, 0.3) is 0 Å². The number of aryl methyl sites for hydroxylation is 1. The zero-order chi connectivity index (χ0) is 24.2. The molecule has 3 N–H and O–H groups in total. The molecule has 0 spiro atoms. The van der Waals surface area contributed by atoms with E-state index in [1.807, 2.05) is 11.8 Å². The minimum absolute atomic E-state index is 0.0208. The summed E-state index contributed by atoms with van der Waals surface area (Å²) in [5.41, 5.74) is 1.65. The average Bonchev–Trinajstić information content (AvgIpc) is 2.76. The van der Waals surface area contributed by atoms with E-state index in [-0.39, 0.29) is 31.2 Å². The molecule has 0 unspecified atom stereocenters. The summed E-state index contributed by atoms with van der Waals surface area (Å²) in [7, 11) is 0. The maximum absolute atomic E-state index is 15.2. The van der Waals surface area contributed by atoms with Gasteiger partial charge in [-0.05, 0) is 31.5 Å². The van der Waals surface area contributed by atoms with Gasteiger partial charge in [0.05, 0.1) is 17.6 Å². The van der Waals surface area contributed by atoms with E-state index in [9.17, 15) is 19.5 Å². The van der Waals surface area contributed by atoms with Crippen molar-refractivity contribution in [2.75, 3.05) is 43.4 Å². The molecule has 1 aromatic heterocycles. The van der Waals surface area contributed by atoms with Gasteiger partial charge in [-0.2, -0.15) is 0 Å². The molecule has 1 aromatic carbocycles. The Labute approximate surface area is 196 Å². The first-order valence-corrected chi connectivity index (χ1v) is 11.1. The van der Waals surface area contributed by atoms with Crippen molar-refractivity contribution in [3.8, 4) is 0 Å². The molecule has 2 aromatic rings. The Balaban J connectivity index is 1.42. The molecule has 0 aliphatic carbocycles. The number of carbonyl (C=O) groups is 3. The van der Waals surface area contributed by atoms with E-state index in [1.54, 1.807) is 29.2 Å². The highest BCUT2D eigenvalue weighted by Gasteiger charge is 2.39. The number of urea groups is 1. The molecule has 0 saturated carbocycles. The van der Waals surface area contributed by atoms with Gasteiger partial charge in [0.2, 0.25) is 5.91 Å². The lowest BCUT2D eigenvalue weighted by molar-refractivity contribution is -0.142. The summed E-state index contributed by atoms with van der Waals surface area (Å²) < 4.78 is 15.2. The lowest BCUT2D eigenvalue weighted by Crippen LogP contribution is -2.62. The average molecular weight is 471 g/mol. The summed E-state index contributed by atoms with van der Waals surface area (Å²) in [5.74, 6) is -0.789.